The van der Waals surface area contributed by atoms with E-state index in [2.05, 4.69) is 25.7 Å². The molecule has 0 spiro atoms. The maximum absolute atomic E-state index is 5.39. The van der Waals surface area contributed by atoms with Crippen LogP contribution < -0.4 is 4.74 Å². The smallest absolute Gasteiger partial charge is 0.176 e. The lowest BCUT2D eigenvalue weighted by atomic mass is 10.2. The van der Waals surface area contributed by atoms with E-state index in [1.54, 1.807) is 13.3 Å². The molecule has 2 atom stereocenters. The molecule has 1 aliphatic rings. The second-order valence-electron chi connectivity index (χ2n) is 6.61. The van der Waals surface area contributed by atoms with Crippen molar-refractivity contribution in [2.75, 3.05) is 7.11 Å². The maximum atomic E-state index is 5.39. The second kappa shape index (κ2) is 5.02. The van der Waals surface area contributed by atoms with Gasteiger partial charge in [-0.1, -0.05) is 0 Å². The van der Waals surface area contributed by atoms with Crippen molar-refractivity contribution in [1.82, 2.24) is 29.0 Å². The number of fused-ring (bicyclic) bond motifs is 2. The van der Waals surface area contributed by atoms with Crippen LogP contribution in [0.15, 0.2) is 30.9 Å². The number of nitrogens with zero attached hydrogens (tertiary/aromatic N) is 6. The Morgan fingerprint density at radius 2 is 2.00 bits per heavy atom. The molecule has 2 unspecified atom stereocenters. The molecular formula is C18H18N6O. The Labute approximate surface area is 144 Å². The molecule has 1 fully saturated rings. The SMILES string of the molecule is COc1ccn2cc(C3CC3c3nc4c(C)nccn4n3)nc2c1C. The van der Waals surface area contributed by atoms with Crippen LogP contribution in [0.2, 0.25) is 0 Å². The number of imidazole rings is 1. The molecule has 7 heteroatoms. The Morgan fingerprint density at radius 3 is 2.80 bits per heavy atom. The lowest BCUT2D eigenvalue weighted by Gasteiger charge is -2.04. The van der Waals surface area contributed by atoms with Crippen molar-refractivity contribution in [3.63, 3.8) is 0 Å². The first-order valence-corrected chi connectivity index (χ1v) is 8.36. The quantitative estimate of drug-likeness (QED) is 0.576. The molecule has 0 bridgehead atoms. The zero-order chi connectivity index (χ0) is 17.1. The minimum Gasteiger partial charge on any atom is -0.496 e. The third-order valence-corrected chi connectivity index (χ3v) is 5.01. The predicted molar refractivity (Wildman–Crippen MR) is 92.1 cm³/mol. The number of methoxy groups -OCH3 is 1. The minimum atomic E-state index is 0.325. The van der Waals surface area contributed by atoms with E-state index >= 15 is 0 Å². The van der Waals surface area contributed by atoms with Crippen molar-refractivity contribution in [2.45, 2.75) is 32.1 Å². The number of aryl methyl sites for hydroxylation is 2. The van der Waals surface area contributed by atoms with Gasteiger partial charge in [0.2, 0.25) is 0 Å². The van der Waals surface area contributed by atoms with E-state index in [0.717, 1.165) is 46.2 Å². The molecule has 4 aromatic heterocycles. The molecule has 126 valence electrons. The number of hydrogen-bond acceptors (Lipinski definition) is 5. The van der Waals surface area contributed by atoms with E-state index in [1.807, 2.05) is 36.8 Å². The summed E-state index contributed by atoms with van der Waals surface area (Å²) in [4.78, 5) is 13.8. The van der Waals surface area contributed by atoms with Crippen LogP contribution in [0.5, 0.6) is 5.75 Å². The number of hydrogen-bond donors (Lipinski definition) is 0. The molecule has 0 aromatic carbocycles. The molecule has 0 amide bonds. The Kier molecular flexibility index (Phi) is 2.89. The van der Waals surface area contributed by atoms with E-state index < -0.39 is 0 Å². The van der Waals surface area contributed by atoms with Crippen molar-refractivity contribution in [3.05, 3.63) is 53.6 Å². The zero-order valence-electron chi connectivity index (χ0n) is 14.3. The molecule has 5 rings (SSSR count). The van der Waals surface area contributed by atoms with Gasteiger partial charge in [-0.25, -0.2) is 14.5 Å². The van der Waals surface area contributed by atoms with Crippen molar-refractivity contribution >= 4 is 11.3 Å². The topological polar surface area (TPSA) is 69.6 Å². The normalized spacial score (nSPS) is 19.6. The molecule has 0 aliphatic heterocycles. The molecule has 4 aromatic rings. The van der Waals surface area contributed by atoms with Gasteiger partial charge in [-0.05, 0) is 26.3 Å². The first-order valence-electron chi connectivity index (χ1n) is 8.36. The van der Waals surface area contributed by atoms with Crippen LogP contribution in [0.3, 0.4) is 0 Å². The summed E-state index contributed by atoms with van der Waals surface area (Å²) in [5, 5.41) is 4.62. The van der Waals surface area contributed by atoms with Crippen LogP contribution in [0.1, 0.15) is 41.0 Å². The highest BCUT2D eigenvalue weighted by atomic mass is 16.5. The Hall–Kier alpha value is -2.96. The van der Waals surface area contributed by atoms with Gasteiger partial charge < -0.3 is 9.14 Å². The van der Waals surface area contributed by atoms with Crippen LogP contribution in [0, 0.1) is 13.8 Å². The van der Waals surface area contributed by atoms with Gasteiger partial charge in [-0.3, -0.25) is 4.98 Å². The van der Waals surface area contributed by atoms with E-state index in [9.17, 15) is 0 Å². The van der Waals surface area contributed by atoms with E-state index in [1.165, 1.54) is 0 Å². The summed E-state index contributed by atoms with van der Waals surface area (Å²) in [6, 6.07) is 1.97. The van der Waals surface area contributed by atoms with E-state index in [-0.39, 0.29) is 0 Å². The largest absolute Gasteiger partial charge is 0.496 e. The van der Waals surface area contributed by atoms with E-state index in [4.69, 9.17) is 9.72 Å². The zero-order valence-corrected chi connectivity index (χ0v) is 14.3. The summed E-state index contributed by atoms with van der Waals surface area (Å²) in [6.45, 7) is 3.99. The highest BCUT2D eigenvalue weighted by Crippen LogP contribution is 2.53. The van der Waals surface area contributed by atoms with Gasteiger partial charge in [0.25, 0.3) is 0 Å². The summed E-state index contributed by atoms with van der Waals surface area (Å²) >= 11 is 0. The number of aromatic nitrogens is 6. The van der Waals surface area contributed by atoms with Crippen LogP contribution in [-0.2, 0) is 0 Å². The Bertz CT molecular complexity index is 1110. The summed E-state index contributed by atoms with van der Waals surface area (Å²) < 4.78 is 9.27. The number of rotatable bonds is 3. The van der Waals surface area contributed by atoms with Crippen molar-refractivity contribution in [1.29, 1.82) is 0 Å². The average molecular weight is 334 g/mol. The standard InChI is InChI=1S/C18H18N6O/c1-10-15(25-3)4-6-23-9-14(20-17(10)23)12-8-13(12)16-21-18-11(2)19-5-7-24(18)22-16/h4-7,9,12-13H,8H2,1-3H3. The number of ether oxygens (including phenoxy) is 1. The molecule has 1 saturated carbocycles. The summed E-state index contributed by atoms with van der Waals surface area (Å²) in [5.74, 6) is 2.44. The average Bonchev–Trinajstić information content (AvgIpc) is 3.09. The maximum Gasteiger partial charge on any atom is 0.176 e. The third-order valence-electron chi connectivity index (χ3n) is 5.01. The third kappa shape index (κ3) is 2.12. The molecule has 4 heterocycles. The first-order chi connectivity index (χ1) is 12.2. The molecule has 0 radical (unpaired) electrons. The Balaban J connectivity index is 1.50. The first kappa shape index (κ1) is 14.4. The molecule has 7 nitrogen and oxygen atoms in total. The fourth-order valence-corrected chi connectivity index (χ4v) is 3.51. The van der Waals surface area contributed by atoms with E-state index in [0.29, 0.717) is 11.8 Å². The molecule has 0 saturated heterocycles. The van der Waals surface area contributed by atoms with Gasteiger partial charge in [0.05, 0.1) is 18.5 Å². The van der Waals surface area contributed by atoms with Crippen molar-refractivity contribution in [2.24, 2.45) is 0 Å². The lowest BCUT2D eigenvalue weighted by molar-refractivity contribution is 0.411. The molecule has 1 aliphatic carbocycles. The summed E-state index contributed by atoms with van der Waals surface area (Å²) in [5.41, 5.74) is 4.83. The van der Waals surface area contributed by atoms with Gasteiger partial charge in [0.15, 0.2) is 11.5 Å². The molecular weight excluding hydrogens is 316 g/mol. The van der Waals surface area contributed by atoms with Gasteiger partial charge in [0, 0.05) is 42.2 Å². The van der Waals surface area contributed by atoms with Crippen LogP contribution >= 0.6 is 0 Å². The monoisotopic (exact) mass is 334 g/mol. The predicted octanol–water partition coefficient (Wildman–Crippen LogP) is 2.67. The van der Waals surface area contributed by atoms with Crippen LogP contribution in [-0.4, -0.2) is 36.1 Å². The lowest BCUT2D eigenvalue weighted by Crippen LogP contribution is -1.92. The van der Waals surface area contributed by atoms with Crippen molar-refractivity contribution in [3.8, 4) is 5.75 Å². The minimum absolute atomic E-state index is 0.325. The summed E-state index contributed by atoms with van der Waals surface area (Å²) in [7, 11) is 1.69. The molecule has 0 N–H and O–H groups in total. The highest BCUT2D eigenvalue weighted by molar-refractivity contribution is 5.55. The van der Waals surface area contributed by atoms with Crippen LogP contribution in [0.4, 0.5) is 0 Å². The van der Waals surface area contributed by atoms with Crippen molar-refractivity contribution < 1.29 is 4.74 Å². The molecule has 25 heavy (non-hydrogen) atoms. The van der Waals surface area contributed by atoms with Gasteiger partial charge in [-0.2, -0.15) is 5.10 Å². The fourth-order valence-electron chi connectivity index (χ4n) is 3.51. The summed E-state index contributed by atoms with van der Waals surface area (Å²) in [6.07, 6.45) is 8.73. The second-order valence-corrected chi connectivity index (χ2v) is 6.61. The van der Waals surface area contributed by atoms with Gasteiger partial charge >= 0.3 is 0 Å². The van der Waals surface area contributed by atoms with Crippen LogP contribution in [0.25, 0.3) is 11.3 Å². The Morgan fingerprint density at radius 1 is 1.12 bits per heavy atom. The van der Waals surface area contributed by atoms with Gasteiger partial charge in [-0.15, -0.1) is 0 Å². The number of pyridine rings is 1. The highest BCUT2D eigenvalue weighted by Gasteiger charge is 2.44. The van der Waals surface area contributed by atoms with Gasteiger partial charge in [0.1, 0.15) is 11.4 Å². The fraction of sp³-hybridized carbons (Fsp3) is 0.333.